The molecule has 0 aromatic rings. The monoisotopic (exact) mass is 248 g/mol. The minimum Gasteiger partial charge on any atom is -0.438 e. The van der Waals surface area contributed by atoms with Gasteiger partial charge in [0.05, 0.1) is 7.11 Å². The second-order valence-corrected chi connectivity index (χ2v) is 4.40. The fourth-order valence-electron chi connectivity index (χ4n) is 1.91. The Morgan fingerprint density at radius 3 is 2.71 bits per heavy atom. The van der Waals surface area contributed by atoms with Gasteiger partial charge in [-0.1, -0.05) is 0 Å². The standard InChI is InChI=1S/C10H16O7/c1-10(2)16-7-6(11)5(15-8(7)17-10)4-14-9(12)13-3/h5-8,11H,4H2,1-3H3/t5-,6?,7?,8?/m1/s1. The van der Waals surface area contributed by atoms with Gasteiger partial charge in [0.15, 0.2) is 12.1 Å². The van der Waals surface area contributed by atoms with Crippen molar-refractivity contribution in [3.63, 3.8) is 0 Å². The Morgan fingerprint density at radius 1 is 1.41 bits per heavy atom. The maximum Gasteiger partial charge on any atom is 0.508 e. The summed E-state index contributed by atoms with van der Waals surface area (Å²) in [4.78, 5) is 10.8. The lowest BCUT2D eigenvalue weighted by Gasteiger charge is -2.22. The SMILES string of the molecule is COC(=O)OC[C@H]1OC2OC(C)(C)OC2C1O. The summed E-state index contributed by atoms with van der Waals surface area (Å²) >= 11 is 0. The molecule has 17 heavy (non-hydrogen) atoms. The van der Waals surface area contributed by atoms with Crippen LogP contribution in [0.4, 0.5) is 4.79 Å². The molecule has 0 spiro atoms. The van der Waals surface area contributed by atoms with Gasteiger partial charge in [-0.05, 0) is 13.8 Å². The van der Waals surface area contributed by atoms with Crippen molar-refractivity contribution in [1.82, 2.24) is 0 Å². The van der Waals surface area contributed by atoms with Crippen LogP contribution in [0.5, 0.6) is 0 Å². The lowest BCUT2D eigenvalue weighted by Crippen LogP contribution is -2.37. The molecular weight excluding hydrogens is 232 g/mol. The Labute approximate surface area is 98.5 Å². The van der Waals surface area contributed by atoms with Crippen molar-refractivity contribution in [2.45, 2.75) is 44.2 Å². The molecule has 0 bridgehead atoms. The first-order valence-corrected chi connectivity index (χ1v) is 5.33. The van der Waals surface area contributed by atoms with E-state index in [9.17, 15) is 9.90 Å². The largest absolute Gasteiger partial charge is 0.508 e. The zero-order chi connectivity index (χ0) is 12.6. The van der Waals surface area contributed by atoms with Crippen LogP contribution >= 0.6 is 0 Å². The van der Waals surface area contributed by atoms with E-state index < -0.39 is 36.5 Å². The third-order valence-corrected chi connectivity index (χ3v) is 2.65. The van der Waals surface area contributed by atoms with Gasteiger partial charge in [-0.2, -0.15) is 0 Å². The molecule has 2 heterocycles. The zero-order valence-electron chi connectivity index (χ0n) is 9.91. The fourth-order valence-corrected chi connectivity index (χ4v) is 1.91. The predicted molar refractivity (Wildman–Crippen MR) is 53.1 cm³/mol. The summed E-state index contributed by atoms with van der Waals surface area (Å²) in [5.41, 5.74) is 0. The molecule has 0 amide bonds. The minimum absolute atomic E-state index is 0.103. The third-order valence-electron chi connectivity index (χ3n) is 2.65. The maximum atomic E-state index is 10.8. The summed E-state index contributed by atoms with van der Waals surface area (Å²) in [5, 5.41) is 9.91. The van der Waals surface area contributed by atoms with Crippen LogP contribution < -0.4 is 0 Å². The van der Waals surface area contributed by atoms with Crippen molar-refractivity contribution in [2.24, 2.45) is 0 Å². The number of carbonyl (C=O) groups is 1. The Kier molecular flexibility index (Phi) is 3.26. The molecule has 1 N–H and O–H groups in total. The third kappa shape index (κ3) is 2.52. The number of hydrogen-bond donors (Lipinski definition) is 1. The zero-order valence-corrected chi connectivity index (χ0v) is 9.91. The van der Waals surface area contributed by atoms with Crippen molar-refractivity contribution in [2.75, 3.05) is 13.7 Å². The van der Waals surface area contributed by atoms with Crippen LogP contribution in [0, 0.1) is 0 Å². The van der Waals surface area contributed by atoms with E-state index >= 15 is 0 Å². The molecule has 0 aliphatic carbocycles. The van der Waals surface area contributed by atoms with Crippen LogP contribution in [0.2, 0.25) is 0 Å². The normalized spacial score (nSPS) is 38.8. The van der Waals surface area contributed by atoms with Crippen LogP contribution in [0.1, 0.15) is 13.8 Å². The fraction of sp³-hybridized carbons (Fsp3) is 0.900. The molecule has 2 rings (SSSR count). The van der Waals surface area contributed by atoms with E-state index in [4.69, 9.17) is 18.9 Å². The van der Waals surface area contributed by atoms with Crippen molar-refractivity contribution in [1.29, 1.82) is 0 Å². The van der Waals surface area contributed by atoms with E-state index in [0.29, 0.717) is 0 Å². The number of aliphatic hydroxyl groups is 1. The number of methoxy groups -OCH3 is 1. The van der Waals surface area contributed by atoms with Crippen LogP contribution in [0.3, 0.4) is 0 Å². The number of fused-ring (bicyclic) bond motifs is 1. The summed E-state index contributed by atoms with van der Waals surface area (Å²) in [6.45, 7) is 3.37. The highest BCUT2D eigenvalue weighted by Crippen LogP contribution is 2.37. The summed E-state index contributed by atoms with van der Waals surface area (Å²) in [7, 11) is 1.21. The first-order chi connectivity index (χ1) is 7.93. The van der Waals surface area contributed by atoms with E-state index in [0.717, 1.165) is 0 Å². The molecule has 0 saturated carbocycles. The molecule has 2 saturated heterocycles. The first-order valence-electron chi connectivity index (χ1n) is 5.33. The molecular formula is C10H16O7. The Bertz CT molecular complexity index is 303. The molecule has 0 aromatic carbocycles. The van der Waals surface area contributed by atoms with Gasteiger partial charge in [0, 0.05) is 0 Å². The molecule has 0 radical (unpaired) electrons. The molecule has 7 heteroatoms. The van der Waals surface area contributed by atoms with E-state index in [-0.39, 0.29) is 6.61 Å². The van der Waals surface area contributed by atoms with Crippen molar-refractivity contribution in [3.05, 3.63) is 0 Å². The van der Waals surface area contributed by atoms with Crippen molar-refractivity contribution < 1.29 is 33.6 Å². The van der Waals surface area contributed by atoms with Gasteiger partial charge in [0.2, 0.25) is 0 Å². The summed E-state index contributed by atoms with van der Waals surface area (Å²) < 4.78 is 25.3. The van der Waals surface area contributed by atoms with Crippen molar-refractivity contribution >= 4 is 6.16 Å². The van der Waals surface area contributed by atoms with Gasteiger partial charge in [0.25, 0.3) is 0 Å². The molecule has 7 nitrogen and oxygen atoms in total. The summed E-state index contributed by atoms with van der Waals surface area (Å²) in [6, 6.07) is 0. The highest BCUT2D eigenvalue weighted by Gasteiger charge is 2.54. The average Bonchev–Trinajstić information content (AvgIpc) is 2.70. The van der Waals surface area contributed by atoms with Crippen LogP contribution in [-0.2, 0) is 23.7 Å². The molecule has 2 aliphatic heterocycles. The van der Waals surface area contributed by atoms with Crippen LogP contribution in [0.15, 0.2) is 0 Å². The lowest BCUT2D eigenvalue weighted by molar-refractivity contribution is -0.218. The lowest BCUT2D eigenvalue weighted by atomic mass is 10.1. The minimum atomic E-state index is -0.897. The van der Waals surface area contributed by atoms with Gasteiger partial charge in [0.1, 0.15) is 24.9 Å². The second-order valence-electron chi connectivity index (χ2n) is 4.40. The molecule has 2 fully saturated rings. The van der Waals surface area contributed by atoms with Crippen molar-refractivity contribution in [3.8, 4) is 0 Å². The number of rotatable bonds is 2. The summed E-state index contributed by atoms with van der Waals surface area (Å²) in [5.74, 6) is -0.773. The second kappa shape index (κ2) is 4.41. The van der Waals surface area contributed by atoms with Gasteiger partial charge < -0.3 is 28.8 Å². The van der Waals surface area contributed by atoms with E-state index in [1.165, 1.54) is 7.11 Å². The predicted octanol–water partition coefficient (Wildman–Crippen LogP) is 0.00670. The highest BCUT2D eigenvalue weighted by atomic mass is 16.8. The Balaban J connectivity index is 1.87. The average molecular weight is 248 g/mol. The molecule has 4 atom stereocenters. The Morgan fingerprint density at radius 2 is 2.12 bits per heavy atom. The van der Waals surface area contributed by atoms with Gasteiger partial charge >= 0.3 is 6.16 Å². The smallest absolute Gasteiger partial charge is 0.438 e. The number of aliphatic hydroxyl groups excluding tert-OH is 1. The van der Waals surface area contributed by atoms with Gasteiger partial charge in [-0.25, -0.2) is 4.79 Å². The quantitative estimate of drug-likeness (QED) is 0.689. The van der Waals surface area contributed by atoms with Gasteiger partial charge in [-0.15, -0.1) is 0 Å². The molecule has 0 aromatic heterocycles. The van der Waals surface area contributed by atoms with Crippen LogP contribution in [-0.4, -0.2) is 55.4 Å². The summed E-state index contributed by atoms with van der Waals surface area (Å²) in [6.07, 6.45) is -3.57. The Hall–Kier alpha value is -0.890. The molecule has 2 aliphatic rings. The maximum absolute atomic E-state index is 10.8. The number of hydrogen-bond acceptors (Lipinski definition) is 7. The molecule has 3 unspecified atom stereocenters. The van der Waals surface area contributed by atoms with E-state index in [1.54, 1.807) is 13.8 Å². The number of ether oxygens (including phenoxy) is 5. The van der Waals surface area contributed by atoms with Gasteiger partial charge in [-0.3, -0.25) is 0 Å². The van der Waals surface area contributed by atoms with E-state index in [1.807, 2.05) is 0 Å². The number of carbonyl (C=O) groups excluding carboxylic acids is 1. The van der Waals surface area contributed by atoms with E-state index in [2.05, 4.69) is 4.74 Å². The van der Waals surface area contributed by atoms with Crippen LogP contribution in [0.25, 0.3) is 0 Å². The topological polar surface area (TPSA) is 83.5 Å². The molecule has 98 valence electrons. The first kappa shape index (κ1) is 12.6. The highest BCUT2D eigenvalue weighted by molar-refractivity contribution is 5.59.